The number of benzene rings is 3. The average Bonchev–Trinajstić information content (AvgIpc) is 1.35. The van der Waals surface area contributed by atoms with Gasteiger partial charge in [0.1, 0.15) is 24.2 Å². The Labute approximate surface area is 619 Å². The number of nitrogens with zero attached hydrogens (tertiary/aromatic N) is 4. The van der Waals surface area contributed by atoms with Gasteiger partial charge in [-0.2, -0.15) is 0 Å². The zero-order chi connectivity index (χ0) is 76.7. The third-order valence-corrected chi connectivity index (χ3v) is 19.9. The van der Waals surface area contributed by atoms with Crippen molar-refractivity contribution < 1.29 is 71.6 Å². The number of anilines is 2. The lowest BCUT2D eigenvalue weighted by atomic mass is 9.83. The van der Waals surface area contributed by atoms with Crippen LogP contribution in [0.2, 0.25) is 5.15 Å². The quantitative estimate of drug-likeness (QED) is 0.0178. The van der Waals surface area contributed by atoms with Gasteiger partial charge in [0.05, 0.1) is 69.2 Å². The molecule has 4 aromatic rings. The number of methoxy groups -OCH3 is 2. The highest BCUT2D eigenvalue weighted by molar-refractivity contribution is 6.34. The van der Waals surface area contributed by atoms with Crippen molar-refractivity contribution in [3.8, 4) is 0 Å². The molecule has 7 N–H and O–H groups in total. The zero-order valence-electron chi connectivity index (χ0n) is 63.5. The molecule has 0 unspecified atom stereocenters. The number of aromatic nitrogens is 1. The molecule has 0 saturated carbocycles. The van der Waals surface area contributed by atoms with E-state index in [-0.39, 0.29) is 162 Å². The number of nitrogens with one attached hydrogen (secondary N) is 5. The third-order valence-electron chi connectivity index (χ3n) is 19.6. The van der Waals surface area contributed by atoms with Gasteiger partial charge in [0.2, 0.25) is 35.4 Å². The standard InChI is InChI=1S/C78H115ClN10O15/c1-15-51(8)72(88(12)77(98)60(48(2)3)43-65(92)71(50(6)7)87(10)11)66(100-13)44-69(95)89-34-20-24-62(89)73(101-14)52(9)63(90)41-57(39-53-21-17-16-18-22-53)75(96)83-45-54-25-28-58(29-26-54)85-76(97)56(23-19-32-82-78(80)99)40-64(91)70(49(4)5)86-68(94)47-104-38-36-102-35-37-103-46-67(93)84-59-30-27-55-31-33-81-74(79)61(55)42-59/h16-18,21-22,25-31,33,42,48-52,56-57,60,62,66,70-73H,15,19-20,23-24,32,34-41,43-47H2,1-14H3,(H,83,96)(H,84,93)(H,85,97)(H,86,94)(H3,80,82,99)/t51-,52-,56+,57+,60-,62-,66+,70-,71-,72-,73+/m0/s1. The summed E-state index contributed by atoms with van der Waals surface area (Å²) in [5.41, 5.74) is 7.82. The van der Waals surface area contributed by atoms with Gasteiger partial charge < -0.3 is 65.8 Å². The van der Waals surface area contributed by atoms with Crippen molar-refractivity contribution in [3.63, 3.8) is 0 Å². The molecule has 5 rings (SSSR count). The number of carbonyl (C=O) groups excluding carboxylic acids is 10. The summed E-state index contributed by atoms with van der Waals surface area (Å²) in [6.45, 7) is 17.9. The number of ketones is 3. The Morgan fingerprint density at radius 3 is 1.92 bits per heavy atom. The van der Waals surface area contributed by atoms with Gasteiger partial charge in [-0.25, -0.2) is 9.78 Å². The Kier molecular flexibility index (Phi) is 37.0. The summed E-state index contributed by atoms with van der Waals surface area (Å²) in [7, 11) is 8.59. The molecule has 26 heteroatoms. The smallest absolute Gasteiger partial charge is 0.312 e. The van der Waals surface area contributed by atoms with Crippen LogP contribution in [0.5, 0.6) is 0 Å². The Balaban J connectivity index is 1.15. The maximum Gasteiger partial charge on any atom is 0.312 e. The lowest BCUT2D eigenvalue weighted by Gasteiger charge is -2.41. The summed E-state index contributed by atoms with van der Waals surface area (Å²) >= 11 is 6.19. The van der Waals surface area contributed by atoms with Crippen molar-refractivity contribution >= 4 is 92.6 Å². The number of rotatable bonds is 47. The second kappa shape index (κ2) is 44.2. The van der Waals surface area contributed by atoms with Crippen molar-refractivity contribution in [1.82, 2.24) is 35.6 Å². The van der Waals surface area contributed by atoms with Crippen LogP contribution in [0.25, 0.3) is 10.8 Å². The molecule has 1 fully saturated rings. The molecule has 1 aromatic heterocycles. The van der Waals surface area contributed by atoms with E-state index in [1.54, 1.807) is 87.3 Å². The van der Waals surface area contributed by atoms with Gasteiger partial charge in [-0.1, -0.05) is 129 Å². The second-order valence-corrected chi connectivity index (χ2v) is 29.0. The van der Waals surface area contributed by atoms with E-state index >= 15 is 0 Å². The van der Waals surface area contributed by atoms with E-state index in [1.165, 1.54) is 7.11 Å². The van der Waals surface area contributed by atoms with Crippen molar-refractivity contribution in [3.05, 3.63) is 101 Å². The van der Waals surface area contributed by atoms with E-state index in [9.17, 15) is 47.9 Å². The highest BCUT2D eigenvalue weighted by Gasteiger charge is 2.44. The highest BCUT2D eigenvalue weighted by atomic mass is 35.5. The molecule has 8 amide bonds. The third kappa shape index (κ3) is 27.3. The number of fused-ring (bicyclic) bond motifs is 1. The van der Waals surface area contributed by atoms with Crippen molar-refractivity contribution in [2.45, 2.75) is 169 Å². The Morgan fingerprint density at radius 1 is 0.673 bits per heavy atom. The number of ether oxygens (including phenoxy) is 5. The first-order chi connectivity index (χ1) is 49.5. The number of nitrogens with two attached hydrogens (primary N) is 1. The van der Waals surface area contributed by atoms with Crippen LogP contribution in [0.4, 0.5) is 16.2 Å². The van der Waals surface area contributed by atoms with E-state index in [0.29, 0.717) is 59.7 Å². The highest BCUT2D eigenvalue weighted by Crippen LogP contribution is 2.33. The molecular formula is C78H115ClN10O15. The molecule has 574 valence electrons. The number of carbonyl (C=O) groups is 10. The van der Waals surface area contributed by atoms with Crippen LogP contribution >= 0.6 is 11.6 Å². The fraction of sp³-hybridized carbons (Fsp3) is 0.603. The Bertz CT molecular complexity index is 3430. The number of halogens is 1. The van der Waals surface area contributed by atoms with E-state index in [2.05, 4.69) is 31.6 Å². The topological polar surface area (TPSA) is 326 Å². The molecule has 2 heterocycles. The van der Waals surface area contributed by atoms with Gasteiger partial charge in [-0.05, 0) is 117 Å². The van der Waals surface area contributed by atoms with Crippen LogP contribution in [-0.4, -0.2) is 203 Å². The molecule has 0 aliphatic carbocycles. The van der Waals surface area contributed by atoms with Crippen LogP contribution in [0, 0.1) is 47.3 Å². The number of urea groups is 1. The summed E-state index contributed by atoms with van der Waals surface area (Å²) in [4.78, 5) is 146. The number of pyridine rings is 1. The molecule has 1 aliphatic heterocycles. The molecule has 0 bridgehead atoms. The second-order valence-electron chi connectivity index (χ2n) is 28.6. The molecule has 11 atom stereocenters. The molecule has 1 saturated heterocycles. The first kappa shape index (κ1) is 86.9. The van der Waals surface area contributed by atoms with E-state index in [4.69, 9.17) is 41.0 Å². The lowest BCUT2D eigenvalue weighted by molar-refractivity contribution is -0.149. The summed E-state index contributed by atoms with van der Waals surface area (Å²) in [5, 5.41) is 15.9. The molecule has 25 nitrogen and oxygen atoms in total. The average molecular weight is 1470 g/mol. The number of likely N-dealkylation sites (tertiary alicyclic amines) is 1. The van der Waals surface area contributed by atoms with Crippen molar-refractivity contribution in [2.75, 3.05) is 98.7 Å². The summed E-state index contributed by atoms with van der Waals surface area (Å²) in [6, 6.07) is 20.4. The van der Waals surface area contributed by atoms with E-state index in [1.807, 2.05) is 103 Å². The van der Waals surface area contributed by atoms with Crippen LogP contribution in [-0.2, 0) is 79.8 Å². The summed E-state index contributed by atoms with van der Waals surface area (Å²) in [6.07, 6.45) is 2.67. The van der Waals surface area contributed by atoms with Gasteiger partial charge in [-0.3, -0.25) is 48.1 Å². The maximum absolute atomic E-state index is 14.7. The minimum Gasteiger partial charge on any atom is -0.379 e. The Hall–Kier alpha value is -7.78. The molecule has 0 spiro atoms. The number of likely N-dealkylation sites (N-methyl/N-ethyl adjacent to an activating group) is 2. The minimum absolute atomic E-state index is 0.0109. The molecule has 1 aliphatic rings. The van der Waals surface area contributed by atoms with Crippen LogP contribution < -0.4 is 32.3 Å². The Morgan fingerprint density at radius 2 is 1.32 bits per heavy atom. The molecule has 3 aromatic carbocycles. The monoisotopic (exact) mass is 1470 g/mol. The lowest BCUT2D eigenvalue weighted by Crippen LogP contribution is -2.54. The molecule has 104 heavy (non-hydrogen) atoms. The number of amides is 8. The molecular weight excluding hydrogens is 1350 g/mol. The fourth-order valence-corrected chi connectivity index (χ4v) is 14.1. The van der Waals surface area contributed by atoms with Gasteiger partial charge in [0, 0.05) is 107 Å². The van der Waals surface area contributed by atoms with Gasteiger partial charge in [0.15, 0.2) is 11.6 Å². The summed E-state index contributed by atoms with van der Waals surface area (Å²) in [5.74, 6) is -6.09. The van der Waals surface area contributed by atoms with Gasteiger partial charge >= 0.3 is 6.03 Å². The van der Waals surface area contributed by atoms with Crippen LogP contribution in [0.3, 0.4) is 0 Å². The number of hydrogen-bond donors (Lipinski definition) is 6. The predicted molar refractivity (Wildman–Crippen MR) is 401 cm³/mol. The maximum atomic E-state index is 14.7. The minimum atomic E-state index is -0.956. The zero-order valence-corrected chi connectivity index (χ0v) is 64.2. The predicted octanol–water partition coefficient (Wildman–Crippen LogP) is 8.85. The van der Waals surface area contributed by atoms with Crippen molar-refractivity contribution in [2.24, 2.45) is 53.1 Å². The van der Waals surface area contributed by atoms with Crippen LogP contribution in [0.1, 0.15) is 131 Å². The van der Waals surface area contributed by atoms with E-state index < -0.39 is 71.9 Å². The molecule has 0 radical (unpaired) electrons. The first-order valence-corrected chi connectivity index (χ1v) is 36.9. The SMILES string of the molecule is CC[C@H](C)[C@@H]([C@@H](CC(=O)N1CCC[C@H]1[C@H](OC)[C@@H](C)C(=O)C[C@@H](Cc1ccccc1)C(=O)NCc1ccc(NC(=O)[C@H](CCCNC(N)=O)CC(=O)[C@@H](NC(=O)COCCOCCOCC(=O)Nc2ccc3ccnc(Cl)c3c2)C(C)C)cc1)OC)N(C)C(=O)[C@@H](CC(=O)[C@H](C(C)C)N(C)C)C(C)C. The first-order valence-electron chi connectivity index (χ1n) is 36.5. The number of primary amides is 1. The number of hydrogen-bond acceptors (Lipinski definition) is 17. The summed E-state index contributed by atoms with van der Waals surface area (Å²) < 4.78 is 28.8. The van der Waals surface area contributed by atoms with Crippen LogP contribution in [0.15, 0.2) is 85.1 Å². The normalized spacial score (nSPS) is 16.0. The largest absolute Gasteiger partial charge is 0.379 e. The number of Topliss-reactive ketones (excluding diaryl/α,β-unsaturated/α-hetero) is 3. The fourth-order valence-electron chi connectivity index (χ4n) is 13.8. The van der Waals surface area contributed by atoms with Gasteiger partial charge in [0.25, 0.3) is 0 Å². The van der Waals surface area contributed by atoms with Gasteiger partial charge in [-0.15, -0.1) is 0 Å². The van der Waals surface area contributed by atoms with E-state index in [0.717, 1.165) is 10.9 Å². The van der Waals surface area contributed by atoms with Crippen molar-refractivity contribution in [1.29, 1.82) is 0 Å².